The Kier molecular flexibility index (Phi) is 6.88. The first-order valence-electron chi connectivity index (χ1n) is 7.08. The van der Waals surface area contributed by atoms with Crippen molar-refractivity contribution < 1.29 is 22.7 Å². The van der Waals surface area contributed by atoms with E-state index in [1.165, 1.54) is 19.1 Å². The molecule has 0 fully saturated rings. The van der Waals surface area contributed by atoms with E-state index in [9.17, 15) is 18.0 Å². The Bertz CT molecular complexity index is 768. The lowest BCUT2D eigenvalue weighted by molar-refractivity contribution is -0.145. The second-order valence-electron chi connectivity index (χ2n) is 5.11. The normalized spacial score (nSPS) is 12.1. The molecule has 0 aromatic heterocycles. The minimum atomic E-state index is -3.83. The molecule has 1 aromatic rings. The summed E-state index contributed by atoms with van der Waals surface area (Å²) in [7, 11) is -3.83. The number of hydrogen-bond acceptors (Lipinski definition) is 6. The number of carbonyl (C=O) groups excluding carboxylic acids is 2. The summed E-state index contributed by atoms with van der Waals surface area (Å²) in [6.07, 6.45) is -0.919. The van der Waals surface area contributed by atoms with Gasteiger partial charge in [-0.15, -0.1) is 0 Å². The Labute approximate surface area is 140 Å². The van der Waals surface area contributed by atoms with Crippen LogP contribution < -0.4 is 10.0 Å². The summed E-state index contributed by atoms with van der Waals surface area (Å²) in [5.41, 5.74) is 1.77. The summed E-state index contributed by atoms with van der Waals surface area (Å²) in [6, 6.07) is 6.34. The average Bonchev–Trinajstić information content (AvgIpc) is 2.53. The molecule has 24 heavy (non-hydrogen) atoms. The highest BCUT2D eigenvalue weighted by molar-refractivity contribution is 7.89. The fourth-order valence-corrected chi connectivity index (χ4v) is 2.69. The summed E-state index contributed by atoms with van der Waals surface area (Å²) in [5.74, 6) is -1.47. The van der Waals surface area contributed by atoms with Gasteiger partial charge in [0.25, 0.3) is 0 Å². The fraction of sp³-hybridized carbons (Fsp3) is 0.400. The van der Waals surface area contributed by atoms with Crippen molar-refractivity contribution in [2.24, 2.45) is 0 Å². The number of benzene rings is 1. The summed E-state index contributed by atoms with van der Waals surface area (Å²) >= 11 is 0. The van der Waals surface area contributed by atoms with Crippen LogP contribution in [0.4, 0.5) is 0 Å². The Morgan fingerprint density at radius 1 is 1.25 bits per heavy atom. The quantitative estimate of drug-likeness (QED) is 0.672. The van der Waals surface area contributed by atoms with Crippen molar-refractivity contribution in [3.05, 3.63) is 29.3 Å². The molecule has 0 bridgehead atoms. The third kappa shape index (κ3) is 5.98. The number of carbonyl (C=O) groups is 2. The molecule has 1 rings (SSSR count). The van der Waals surface area contributed by atoms with Crippen LogP contribution in [-0.4, -0.2) is 39.5 Å². The van der Waals surface area contributed by atoms with Gasteiger partial charge in [0.1, 0.15) is 12.6 Å². The van der Waals surface area contributed by atoms with E-state index in [-0.39, 0.29) is 4.90 Å². The number of nitrogens with one attached hydrogen (secondary N) is 2. The molecule has 1 atom stereocenters. The van der Waals surface area contributed by atoms with Crippen LogP contribution >= 0.6 is 0 Å². The van der Waals surface area contributed by atoms with Crippen LogP contribution in [-0.2, 0) is 24.3 Å². The number of esters is 1. The molecule has 8 nitrogen and oxygen atoms in total. The number of hydrogen-bond donors (Lipinski definition) is 2. The van der Waals surface area contributed by atoms with Gasteiger partial charge in [0.15, 0.2) is 6.10 Å². The maximum Gasteiger partial charge on any atom is 0.326 e. The summed E-state index contributed by atoms with van der Waals surface area (Å²) in [4.78, 5) is 22.9. The Morgan fingerprint density at radius 3 is 2.50 bits per heavy atom. The Balaban J connectivity index is 2.52. The number of rotatable bonds is 7. The van der Waals surface area contributed by atoms with Gasteiger partial charge in [-0.25, -0.2) is 13.1 Å². The lowest BCUT2D eigenvalue weighted by Crippen LogP contribution is -2.39. The average molecular weight is 353 g/mol. The van der Waals surface area contributed by atoms with Gasteiger partial charge in [0, 0.05) is 0 Å². The second kappa shape index (κ2) is 8.42. The zero-order valence-corrected chi connectivity index (χ0v) is 14.4. The van der Waals surface area contributed by atoms with Crippen LogP contribution in [0.15, 0.2) is 23.1 Å². The zero-order valence-electron chi connectivity index (χ0n) is 13.6. The molecule has 0 heterocycles. The Hall–Kier alpha value is -2.44. The van der Waals surface area contributed by atoms with E-state index in [0.29, 0.717) is 0 Å². The lowest BCUT2D eigenvalue weighted by Gasteiger charge is -2.10. The van der Waals surface area contributed by atoms with Gasteiger partial charge in [0.05, 0.1) is 11.4 Å². The highest BCUT2D eigenvalue weighted by Gasteiger charge is 2.17. The summed E-state index contributed by atoms with van der Waals surface area (Å²) < 4.78 is 31.0. The maximum atomic E-state index is 12.1. The molecule has 0 saturated heterocycles. The molecule has 0 aliphatic rings. The van der Waals surface area contributed by atoms with E-state index >= 15 is 0 Å². The first kappa shape index (κ1) is 19.6. The van der Waals surface area contributed by atoms with Crippen molar-refractivity contribution in [3.8, 4) is 6.07 Å². The monoisotopic (exact) mass is 353 g/mol. The van der Waals surface area contributed by atoms with E-state index in [0.717, 1.165) is 11.1 Å². The van der Waals surface area contributed by atoms with Crippen molar-refractivity contribution in [1.29, 1.82) is 5.26 Å². The zero-order chi connectivity index (χ0) is 18.3. The van der Waals surface area contributed by atoms with Crippen LogP contribution in [0.1, 0.15) is 18.1 Å². The van der Waals surface area contributed by atoms with Crippen molar-refractivity contribution in [3.63, 3.8) is 0 Å². The minimum absolute atomic E-state index is 0.0562. The number of nitriles is 1. The highest BCUT2D eigenvalue weighted by atomic mass is 32.2. The van der Waals surface area contributed by atoms with Gasteiger partial charge in [-0.1, -0.05) is 6.07 Å². The van der Waals surface area contributed by atoms with Crippen LogP contribution in [0, 0.1) is 25.2 Å². The van der Waals surface area contributed by atoms with Crippen LogP contribution in [0.2, 0.25) is 0 Å². The standard InChI is InChI=1S/C15H19N3O5S/c1-10-4-5-13(6-11(10)2)24(21,22)18-8-14(19)17-9-15(20)23-12(3)7-16/h4-6,12,18H,8-9H2,1-3H3,(H,17,19)/t12-/m1/s1. The fourth-order valence-electron chi connectivity index (χ4n) is 1.62. The molecule has 0 saturated carbocycles. The summed E-state index contributed by atoms with van der Waals surface area (Å²) in [6.45, 7) is 4.07. The van der Waals surface area contributed by atoms with Gasteiger partial charge in [-0.05, 0) is 44.0 Å². The van der Waals surface area contributed by atoms with Crippen LogP contribution in [0.5, 0.6) is 0 Å². The molecule has 1 amide bonds. The smallest absolute Gasteiger partial charge is 0.326 e. The molecular formula is C15H19N3O5S. The molecule has 0 radical (unpaired) electrons. The molecule has 2 N–H and O–H groups in total. The predicted octanol–water partition coefficient (Wildman–Crippen LogP) is 0.153. The third-order valence-corrected chi connectivity index (χ3v) is 4.53. The summed E-state index contributed by atoms with van der Waals surface area (Å²) in [5, 5.41) is 10.7. The molecule has 9 heteroatoms. The van der Waals surface area contributed by atoms with Gasteiger partial charge in [0.2, 0.25) is 15.9 Å². The van der Waals surface area contributed by atoms with Gasteiger partial charge in [-0.3, -0.25) is 9.59 Å². The number of ether oxygens (including phenoxy) is 1. The largest absolute Gasteiger partial charge is 0.446 e. The third-order valence-electron chi connectivity index (χ3n) is 3.13. The predicted molar refractivity (Wildman–Crippen MR) is 85.3 cm³/mol. The van der Waals surface area contributed by atoms with E-state index in [4.69, 9.17) is 5.26 Å². The second-order valence-corrected chi connectivity index (χ2v) is 6.88. The van der Waals surface area contributed by atoms with E-state index in [1.54, 1.807) is 19.1 Å². The minimum Gasteiger partial charge on any atom is -0.446 e. The number of sulfonamides is 1. The van der Waals surface area contributed by atoms with Gasteiger partial charge < -0.3 is 10.1 Å². The van der Waals surface area contributed by atoms with Crippen molar-refractivity contribution in [2.45, 2.75) is 31.8 Å². The molecular weight excluding hydrogens is 334 g/mol. The van der Waals surface area contributed by atoms with Crippen molar-refractivity contribution in [2.75, 3.05) is 13.1 Å². The number of nitrogens with zero attached hydrogens (tertiary/aromatic N) is 1. The van der Waals surface area contributed by atoms with E-state index in [1.807, 2.05) is 6.92 Å². The first-order chi connectivity index (χ1) is 11.2. The van der Waals surface area contributed by atoms with Crippen LogP contribution in [0.3, 0.4) is 0 Å². The van der Waals surface area contributed by atoms with Crippen LogP contribution in [0.25, 0.3) is 0 Å². The maximum absolute atomic E-state index is 12.1. The number of aryl methyl sites for hydroxylation is 2. The van der Waals surface area contributed by atoms with E-state index < -0.39 is 41.1 Å². The first-order valence-corrected chi connectivity index (χ1v) is 8.56. The molecule has 0 aliphatic heterocycles. The Morgan fingerprint density at radius 2 is 1.92 bits per heavy atom. The van der Waals surface area contributed by atoms with Crippen molar-refractivity contribution in [1.82, 2.24) is 10.0 Å². The van der Waals surface area contributed by atoms with Gasteiger partial charge in [-0.2, -0.15) is 5.26 Å². The van der Waals surface area contributed by atoms with E-state index in [2.05, 4.69) is 14.8 Å². The number of amides is 1. The molecule has 0 aliphatic carbocycles. The molecule has 0 spiro atoms. The highest BCUT2D eigenvalue weighted by Crippen LogP contribution is 2.14. The SMILES string of the molecule is Cc1ccc(S(=O)(=O)NCC(=O)NCC(=O)O[C@H](C)C#N)cc1C. The van der Waals surface area contributed by atoms with Gasteiger partial charge >= 0.3 is 5.97 Å². The molecule has 0 unspecified atom stereocenters. The lowest BCUT2D eigenvalue weighted by atomic mass is 10.1. The van der Waals surface area contributed by atoms with Crippen molar-refractivity contribution >= 4 is 21.9 Å². The topological polar surface area (TPSA) is 125 Å². The molecule has 130 valence electrons. The molecule has 1 aromatic carbocycles.